The van der Waals surface area contributed by atoms with Crippen molar-refractivity contribution >= 4 is 30.0 Å². The van der Waals surface area contributed by atoms with Crippen molar-refractivity contribution in [3.63, 3.8) is 0 Å². The van der Waals surface area contributed by atoms with E-state index < -0.39 is 64.8 Å². The molecular formula is C42H67N5O9. The molecule has 0 bridgehead atoms. The number of piperidine rings is 1. The van der Waals surface area contributed by atoms with Crippen LogP contribution in [0, 0.1) is 11.8 Å². The molecule has 2 fully saturated rings. The molecule has 5 N–H and O–H groups in total. The van der Waals surface area contributed by atoms with E-state index in [4.69, 9.17) is 9.47 Å². The quantitative estimate of drug-likeness (QED) is 0.0899. The van der Waals surface area contributed by atoms with Gasteiger partial charge in [0.15, 0.2) is 0 Å². The summed E-state index contributed by atoms with van der Waals surface area (Å²) in [7, 11) is 0. The third kappa shape index (κ3) is 14.7. The van der Waals surface area contributed by atoms with Crippen LogP contribution in [0.1, 0.15) is 119 Å². The number of hydrogen-bond acceptors (Lipinski definition) is 9. The SMILES string of the molecule is CC(C)C[C@@H](/C=C/[C@H](Cc1ccccc1)C(=O)N1CCC[C@H]1C(=O)NC(CCCCNC(=O)OC1CC(C)(C)N(O)C(C)(C)C1)C(=O)O)NC(=O)OC(C)(C)C. The van der Waals surface area contributed by atoms with Crippen LogP contribution in [0.4, 0.5) is 9.59 Å². The minimum Gasteiger partial charge on any atom is -0.480 e. The number of rotatable bonds is 17. The van der Waals surface area contributed by atoms with Crippen molar-refractivity contribution in [1.82, 2.24) is 25.9 Å². The molecule has 2 aliphatic rings. The molecule has 2 heterocycles. The summed E-state index contributed by atoms with van der Waals surface area (Å²) in [6, 6.07) is 7.18. The average Bonchev–Trinajstić information content (AvgIpc) is 3.57. The number of benzene rings is 1. The van der Waals surface area contributed by atoms with Crippen LogP contribution in [0.15, 0.2) is 42.5 Å². The first kappa shape index (κ1) is 46.2. The molecule has 314 valence electrons. The van der Waals surface area contributed by atoms with E-state index in [1.807, 2.05) is 78.0 Å². The molecule has 0 aliphatic carbocycles. The first-order chi connectivity index (χ1) is 26.1. The van der Waals surface area contributed by atoms with Crippen LogP contribution < -0.4 is 16.0 Å². The van der Waals surface area contributed by atoms with E-state index >= 15 is 0 Å². The van der Waals surface area contributed by atoms with Crippen LogP contribution in [0.25, 0.3) is 0 Å². The molecule has 1 unspecified atom stereocenters. The molecule has 1 aromatic rings. The Kier molecular flexibility index (Phi) is 16.8. The van der Waals surface area contributed by atoms with Gasteiger partial charge in [0.05, 0.1) is 12.0 Å². The predicted molar refractivity (Wildman–Crippen MR) is 213 cm³/mol. The monoisotopic (exact) mass is 785 g/mol. The number of alkyl carbamates (subject to hydrolysis) is 2. The van der Waals surface area contributed by atoms with Crippen LogP contribution in [0.2, 0.25) is 0 Å². The Labute approximate surface area is 333 Å². The summed E-state index contributed by atoms with van der Waals surface area (Å²) in [4.78, 5) is 66.8. The van der Waals surface area contributed by atoms with Crippen molar-refractivity contribution in [3.05, 3.63) is 48.0 Å². The molecule has 4 atom stereocenters. The fourth-order valence-corrected chi connectivity index (χ4v) is 7.69. The van der Waals surface area contributed by atoms with Crippen molar-refractivity contribution in [2.24, 2.45) is 11.8 Å². The molecule has 0 radical (unpaired) electrons. The van der Waals surface area contributed by atoms with Gasteiger partial charge < -0.3 is 40.6 Å². The lowest BCUT2D eigenvalue weighted by Gasteiger charge is -2.50. The number of hydrogen-bond donors (Lipinski definition) is 5. The standard InChI is InChI=1S/C42H67N5O9/c1-28(2)24-31(44-39(53)56-40(3,4)5)21-20-30(25-29-16-11-10-12-17-29)36(49)46-23-15-19-34(46)35(48)45-33(37(50)51)18-13-14-22-43-38(52)55-32-26-41(6,7)47(54)42(8,9)27-32/h10-12,16-17,20-21,28,30-34,54H,13-15,18-19,22-27H2,1-9H3,(H,43,52)(H,44,53)(H,45,48)(H,50,51)/b21-20+/t30-,31-,33?,34+/m1/s1. The van der Waals surface area contributed by atoms with Gasteiger partial charge in [-0.1, -0.05) is 56.3 Å². The van der Waals surface area contributed by atoms with Crippen molar-refractivity contribution in [3.8, 4) is 0 Å². The van der Waals surface area contributed by atoms with Crippen LogP contribution in [0.5, 0.6) is 0 Å². The number of nitrogens with zero attached hydrogens (tertiary/aromatic N) is 2. The number of aliphatic carboxylic acids is 1. The summed E-state index contributed by atoms with van der Waals surface area (Å²) in [6.45, 7) is 17.6. The summed E-state index contributed by atoms with van der Waals surface area (Å²) >= 11 is 0. The largest absolute Gasteiger partial charge is 0.480 e. The van der Waals surface area contributed by atoms with Gasteiger partial charge in [-0.2, -0.15) is 5.06 Å². The maximum atomic E-state index is 14.2. The normalized spacial score (nSPS) is 20.3. The first-order valence-electron chi connectivity index (χ1n) is 20.1. The highest BCUT2D eigenvalue weighted by Gasteiger charge is 2.46. The van der Waals surface area contributed by atoms with Gasteiger partial charge in [0.1, 0.15) is 23.8 Å². The lowest BCUT2D eigenvalue weighted by atomic mass is 9.80. The molecule has 56 heavy (non-hydrogen) atoms. The third-order valence-electron chi connectivity index (χ3n) is 10.1. The van der Waals surface area contributed by atoms with Crippen molar-refractivity contribution < 1.29 is 43.8 Å². The fourth-order valence-electron chi connectivity index (χ4n) is 7.69. The third-order valence-corrected chi connectivity index (χ3v) is 10.1. The molecule has 3 rings (SSSR count). The number of amides is 4. The number of unbranched alkanes of at least 4 members (excludes halogenated alkanes) is 1. The number of carboxylic acid groups (broad SMARTS) is 1. The molecule has 0 spiro atoms. The summed E-state index contributed by atoms with van der Waals surface area (Å²) in [5, 5.41) is 30.1. The van der Waals surface area contributed by atoms with Crippen LogP contribution >= 0.6 is 0 Å². The maximum absolute atomic E-state index is 14.2. The van der Waals surface area contributed by atoms with Gasteiger partial charge in [-0.15, -0.1) is 0 Å². The zero-order valence-corrected chi connectivity index (χ0v) is 34.9. The van der Waals surface area contributed by atoms with E-state index in [0.29, 0.717) is 57.9 Å². The fraction of sp³-hybridized carbons (Fsp3) is 0.690. The van der Waals surface area contributed by atoms with Gasteiger partial charge in [-0.3, -0.25) is 9.59 Å². The summed E-state index contributed by atoms with van der Waals surface area (Å²) in [5.41, 5.74) is -0.863. The van der Waals surface area contributed by atoms with Crippen LogP contribution in [-0.4, -0.2) is 104 Å². The second-order valence-electron chi connectivity index (χ2n) is 17.9. The van der Waals surface area contributed by atoms with E-state index in [2.05, 4.69) is 16.0 Å². The Morgan fingerprint density at radius 3 is 2.18 bits per heavy atom. The molecule has 2 saturated heterocycles. The summed E-state index contributed by atoms with van der Waals surface area (Å²) in [6.07, 6.45) is 6.08. The Hall–Kier alpha value is -4.17. The molecule has 1 aromatic carbocycles. The summed E-state index contributed by atoms with van der Waals surface area (Å²) in [5.74, 6) is -2.35. The molecule has 0 aromatic heterocycles. The number of likely N-dealkylation sites (tertiary alicyclic amines) is 1. The lowest BCUT2D eigenvalue weighted by Crippen LogP contribution is -2.60. The van der Waals surface area contributed by atoms with Gasteiger partial charge in [-0.25, -0.2) is 14.4 Å². The number of ether oxygens (including phenoxy) is 2. The van der Waals surface area contributed by atoms with E-state index in [1.54, 1.807) is 31.7 Å². The van der Waals surface area contributed by atoms with Gasteiger partial charge >= 0.3 is 18.2 Å². The highest BCUT2D eigenvalue weighted by molar-refractivity contribution is 5.92. The van der Waals surface area contributed by atoms with Crippen molar-refractivity contribution in [2.45, 2.75) is 161 Å². The predicted octanol–water partition coefficient (Wildman–Crippen LogP) is 6.21. The van der Waals surface area contributed by atoms with E-state index in [1.165, 1.54) is 5.06 Å². The average molecular weight is 786 g/mol. The van der Waals surface area contributed by atoms with E-state index in [0.717, 1.165) is 5.56 Å². The van der Waals surface area contributed by atoms with Gasteiger partial charge in [0.2, 0.25) is 11.8 Å². The van der Waals surface area contributed by atoms with Crippen molar-refractivity contribution in [2.75, 3.05) is 13.1 Å². The molecule has 14 heteroatoms. The van der Waals surface area contributed by atoms with E-state index in [-0.39, 0.29) is 30.9 Å². The van der Waals surface area contributed by atoms with Crippen LogP contribution in [0.3, 0.4) is 0 Å². The van der Waals surface area contributed by atoms with Crippen LogP contribution in [-0.2, 0) is 30.3 Å². The number of carbonyl (C=O) groups is 5. The van der Waals surface area contributed by atoms with Gasteiger partial charge in [0.25, 0.3) is 0 Å². The Morgan fingerprint density at radius 2 is 1.59 bits per heavy atom. The molecule has 0 saturated carbocycles. The number of nitrogens with one attached hydrogen (secondary N) is 3. The van der Waals surface area contributed by atoms with Gasteiger partial charge in [-0.05, 0) is 105 Å². The highest BCUT2D eigenvalue weighted by Crippen LogP contribution is 2.38. The Morgan fingerprint density at radius 1 is 0.946 bits per heavy atom. The minimum absolute atomic E-state index is 0.136. The Bertz CT molecular complexity index is 1490. The maximum Gasteiger partial charge on any atom is 0.408 e. The Balaban J connectivity index is 1.61. The highest BCUT2D eigenvalue weighted by atomic mass is 16.6. The molecular weight excluding hydrogens is 718 g/mol. The van der Waals surface area contributed by atoms with E-state index in [9.17, 15) is 34.3 Å². The topological polar surface area (TPSA) is 187 Å². The minimum atomic E-state index is -1.18. The number of hydroxylamine groups is 2. The lowest BCUT2D eigenvalue weighted by molar-refractivity contribution is -0.256. The number of carbonyl (C=O) groups excluding carboxylic acids is 4. The molecule has 4 amide bonds. The zero-order valence-electron chi connectivity index (χ0n) is 34.9. The van der Waals surface area contributed by atoms with Crippen molar-refractivity contribution in [1.29, 1.82) is 0 Å². The van der Waals surface area contributed by atoms with Gasteiger partial charge in [0, 0.05) is 37.0 Å². The summed E-state index contributed by atoms with van der Waals surface area (Å²) < 4.78 is 11.1. The molecule has 2 aliphatic heterocycles. The molecule has 14 nitrogen and oxygen atoms in total. The number of carboxylic acids is 1. The zero-order chi connectivity index (χ0) is 41.8. The second-order valence-corrected chi connectivity index (χ2v) is 17.9. The second kappa shape index (κ2) is 20.3. The first-order valence-corrected chi connectivity index (χ1v) is 20.1. The smallest absolute Gasteiger partial charge is 0.408 e.